The minimum Gasteiger partial charge on any atom is -0.340 e. The molecular weight excluding hydrogens is 318 g/mol. The average Bonchev–Trinajstić information content (AvgIpc) is 3.25. The Balaban J connectivity index is 1.54. The molecule has 6 nitrogen and oxygen atoms in total. The SMILES string of the molecule is CN(Cc1csc(-c2cccs2)n1)C(=O)CCn1cnnc1. The minimum atomic E-state index is 0.0828. The molecule has 0 aromatic carbocycles. The Kier molecular flexibility index (Phi) is 4.59. The second-order valence-corrected chi connectivity index (χ2v) is 6.63. The number of thiazole rings is 1. The van der Waals surface area contributed by atoms with Gasteiger partial charge in [0, 0.05) is 25.4 Å². The van der Waals surface area contributed by atoms with Crippen LogP contribution in [0, 0.1) is 0 Å². The maximum absolute atomic E-state index is 12.1. The lowest BCUT2D eigenvalue weighted by atomic mass is 10.3. The molecule has 3 aromatic heterocycles. The van der Waals surface area contributed by atoms with Crippen LogP contribution in [0.5, 0.6) is 0 Å². The Morgan fingerprint density at radius 2 is 2.14 bits per heavy atom. The van der Waals surface area contributed by atoms with Crippen LogP contribution in [0.3, 0.4) is 0 Å². The zero-order chi connectivity index (χ0) is 15.4. The third-order valence-electron chi connectivity index (χ3n) is 3.16. The van der Waals surface area contributed by atoms with Crippen molar-refractivity contribution in [2.24, 2.45) is 0 Å². The highest BCUT2D eigenvalue weighted by Crippen LogP contribution is 2.28. The van der Waals surface area contributed by atoms with E-state index in [1.54, 1.807) is 51.8 Å². The van der Waals surface area contributed by atoms with Gasteiger partial charge in [-0.25, -0.2) is 4.98 Å². The van der Waals surface area contributed by atoms with Crippen molar-refractivity contribution in [2.75, 3.05) is 7.05 Å². The lowest BCUT2D eigenvalue weighted by Crippen LogP contribution is -2.27. The molecule has 114 valence electrons. The number of thiophene rings is 1. The van der Waals surface area contributed by atoms with E-state index >= 15 is 0 Å². The van der Waals surface area contributed by atoms with Crippen LogP contribution in [0.25, 0.3) is 9.88 Å². The van der Waals surface area contributed by atoms with Gasteiger partial charge in [-0.3, -0.25) is 4.79 Å². The molecule has 0 atom stereocenters. The van der Waals surface area contributed by atoms with E-state index in [4.69, 9.17) is 0 Å². The lowest BCUT2D eigenvalue weighted by Gasteiger charge is -2.15. The maximum Gasteiger partial charge on any atom is 0.224 e. The summed E-state index contributed by atoms with van der Waals surface area (Å²) in [7, 11) is 1.80. The minimum absolute atomic E-state index is 0.0828. The van der Waals surface area contributed by atoms with Crippen LogP contribution in [0.4, 0.5) is 0 Å². The molecule has 0 N–H and O–H groups in total. The molecule has 0 fully saturated rings. The molecule has 22 heavy (non-hydrogen) atoms. The predicted molar refractivity (Wildman–Crippen MR) is 86.5 cm³/mol. The molecule has 0 unspecified atom stereocenters. The number of amides is 1. The second kappa shape index (κ2) is 6.80. The summed E-state index contributed by atoms with van der Waals surface area (Å²) >= 11 is 3.29. The highest BCUT2D eigenvalue weighted by atomic mass is 32.1. The van der Waals surface area contributed by atoms with Crippen molar-refractivity contribution in [3.8, 4) is 9.88 Å². The van der Waals surface area contributed by atoms with E-state index < -0.39 is 0 Å². The summed E-state index contributed by atoms with van der Waals surface area (Å²) in [6, 6.07) is 4.07. The molecule has 0 saturated carbocycles. The Hall–Kier alpha value is -2.06. The monoisotopic (exact) mass is 333 g/mol. The van der Waals surface area contributed by atoms with E-state index in [9.17, 15) is 4.79 Å². The number of rotatable bonds is 6. The summed E-state index contributed by atoms with van der Waals surface area (Å²) in [5.74, 6) is 0.0828. The van der Waals surface area contributed by atoms with Crippen LogP contribution in [0.15, 0.2) is 35.5 Å². The number of hydrogen-bond donors (Lipinski definition) is 0. The van der Waals surface area contributed by atoms with Crippen molar-refractivity contribution < 1.29 is 4.79 Å². The zero-order valence-electron chi connectivity index (χ0n) is 12.0. The second-order valence-electron chi connectivity index (χ2n) is 4.82. The zero-order valence-corrected chi connectivity index (χ0v) is 13.7. The van der Waals surface area contributed by atoms with Gasteiger partial charge in [0.05, 0.1) is 17.1 Å². The molecular formula is C14H15N5OS2. The van der Waals surface area contributed by atoms with Crippen LogP contribution in [-0.4, -0.2) is 37.6 Å². The summed E-state index contributed by atoms with van der Waals surface area (Å²) in [5, 5.41) is 12.5. The van der Waals surface area contributed by atoms with E-state index in [1.165, 1.54) is 0 Å². The molecule has 0 aliphatic heterocycles. The van der Waals surface area contributed by atoms with E-state index in [2.05, 4.69) is 21.2 Å². The average molecular weight is 333 g/mol. The number of aryl methyl sites for hydroxylation is 1. The lowest BCUT2D eigenvalue weighted by molar-refractivity contribution is -0.130. The first-order valence-electron chi connectivity index (χ1n) is 6.77. The van der Waals surface area contributed by atoms with Crippen molar-refractivity contribution in [1.82, 2.24) is 24.6 Å². The largest absolute Gasteiger partial charge is 0.340 e. The molecule has 0 radical (unpaired) electrons. The summed E-state index contributed by atoms with van der Waals surface area (Å²) in [6.45, 7) is 1.12. The van der Waals surface area contributed by atoms with Gasteiger partial charge in [-0.05, 0) is 11.4 Å². The standard InChI is InChI=1S/C14H15N5OS2/c1-18(13(20)4-5-19-9-15-16-10-19)7-11-8-22-14(17-11)12-3-2-6-21-12/h2-3,6,8-10H,4-5,7H2,1H3. The highest BCUT2D eigenvalue weighted by molar-refractivity contribution is 7.20. The Bertz CT molecular complexity index is 720. The van der Waals surface area contributed by atoms with Crippen LogP contribution in [0.2, 0.25) is 0 Å². The number of hydrogen-bond acceptors (Lipinski definition) is 6. The van der Waals surface area contributed by atoms with Gasteiger partial charge < -0.3 is 9.47 Å². The maximum atomic E-state index is 12.1. The normalized spacial score (nSPS) is 10.8. The molecule has 0 aliphatic rings. The summed E-state index contributed by atoms with van der Waals surface area (Å²) in [4.78, 5) is 19.6. The van der Waals surface area contributed by atoms with Gasteiger partial charge in [-0.15, -0.1) is 32.9 Å². The smallest absolute Gasteiger partial charge is 0.224 e. The molecule has 3 heterocycles. The van der Waals surface area contributed by atoms with E-state index in [0.29, 0.717) is 19.5 Å². The van der Waals surface area contributed by atoms with Crippen LogP contribution >= 0.6 is 22.7 Å². The summed E-state index contributed by atoms with van der Waals surface area (Å²) < 4.78 is 1.80. The third kappa shape index (κ3) is 3.58. The van der Waals surface area contributed by atoms with E-state index in [1.807, 2.05) is 16.8 Å². The third-order valence-corrected chi connectivity index (χ3v) is 5.09. The van der Waals surface area contributed by atoms with Gasteiger partial charge in [-0.2, -0.15) is 0 Å². The van der Waals surface area contributed by atoms with Crippen molar-refractivity contribution >= 4 is 28.6 Å². The van der Waals surface area contributed by atoms with Gasteiger partial charge in [0.1, 0.15) is 17.7 Å². The summed E-state index contributed by atoms with van der Waals surface area (Å²) in [5.41, 5.74) is 0.925. The van der Waals surface area contributed by atoms with Gasteiger partial charge in [0.2, 0.25) is 5.91 Å². The fourth-order valence-corrected chi connectivity index (χ4v) is 3.60. The Morgan fingerprint density at radius 1 is 1.32 bits per heavy atom. The number of carbonyl (C=O) groups excluding carboxylic acids is 1. The van der Waals surface area contributed by atoms with Gasteiger partial charge >= 0.3 is 0 Å². The van der Waals surface area contributed by atoms with Crippen molar-refractivity contribution in [2.45, 2.75) is 19.5 Å². The highest BCUT2D eigenvalue weighted by Gasteiger charge is 2.12. The molecule has 0 bridgehead atoms. The molecule has 0 aliphatic carbocycles. The van der Waals surface area contributed by atoms with Gasteiger partial charge in [0.15, 0.2) is 0 Å². The molecule has 8 heteroatoms. The Labute approximate surface area is 136 Å². The molecule has 1 amide bonds. The van der Waals surface area contributed by atoms with Crippen molar-refractivity contribution in [3.63, 3.8) is 0 Å². The van der Waals surface area contributed by atoms with Crippen LogP contribution in [-0.2, 0) is 17.9 Å². The first-order valence-corrected chi connectivity index (χ1v) is 8.53. The Morgan fingerprint density at radius 3 is 2.86 bits per heavy atom. The summed E-state index contributed by atoms with van der Waals surface area (Å²) in [6.07, 6.45) is 3.65. The van der Waals surface area contributed by atoms with Crippen LogP contribution in [0.1, 0.15) is 12.1 Å². The number of nitrogens with zero attached hydrogens (tertiary/aromatic N) is 5. The van der Waals surface area contributed by atoms with Crippen LogP contribution < -0.4 is 0 Å². The van der Waals surface area contributed by atoms with Crippen molar-refractivity contribution in [3.05, 3.63) is 41.2 Å². The number of aromatic nitrogens is 4. The van der Waals surface area contributed by atoms with Crippen molar-refractivity contribution in [1.29, 1.82) is 0 Å². The fraction of sp³-hybridized carbons (Fsp3) is 0.286. The molecule has 3 rings (SSSR count). The predicted octanol–water partition coefficient (Wildman–Crippen LogP) is 2.51. The fourth-order valence-electron chi connectivity index (χ4n) is 1.98. The van der Waals surface area contributed by atoms with E-state index in [-0.39, 0.29) is 5.91 Å². The topological polar surface area (TPSA) is 63.9 Å². The first-order chi connectivity index (χ1) is 10.7. The number of carbonyl (C=O) groups is 1. The van der Waals surface area contributed by atoms with Gasteiger partial charge in [-0.1, -0.05) is 6.07 Å². The molecule has 0 spiro atoms. The molecule has 3 aromatic rings. The first kappa shape index (κ1) is 14.9. The van der Waals surface area contributed by atoms with E-state index in [0.717, 1.165) is 15.6 Å². The molecule has 0 saturated heterocycles. The van der Waals surface area contributed by atoms with Gasteiger partial charge in [0.25, 0.3) is 0 Å². The quantitative estimate of drug-likeness (QED) is 0.695.